The van der Waals surface area contributed by atoms with Crippen LogP contribution in [0.5, 0.6) is 11.6 Å². The van der Waals surface area contributed by atoms with Crippen LogP contribution < -0.4 is 31.7 Å². The molecule has 44 heavy (non-hydrogen) atoms. The zero-order valence-electron chi connectivity index (χ0n) is 24.1. The average molecular weight is 659 g/mol. The molecule has 15 heteroatoms. The molecule has 3 atom stereocenters. The van der Waals surface area contributed by atoms with Gasteiger partial charge in [-0.15, -0.1) is 12.4 Å². The number of nitrogens with two attached hydrogens (primary N) is 1. The number of aromatic nitrogens is 1. The van der Waals surface area contributed by atoms with Crippen molar-refractivity contribution in [2.75, 3.05) is 18.8 Å². The number of hydrogen-bond acceptors (Lipinski definition) is 7. The number of nitrogens with zero attached hydrogens (tertiary/aromatic N) is 1. The summed E-state index contributed by atoms with van der Waals surface area (Å²) in [5, 5.41) is 12.1. The van der Waals surface area contributed by atoms with E-state index in [1.807, 2.05) is 11.8 Å². The van der Waals surface area contributed by atoms with E-state index in [1.165, 1.54) is 18.2 Å². The molecule has 0 unspecified atom stereocenters. The third-order valence-electron chi connectivity index (χ3n) is 7.25. The van der Waals surface area contributed by atoms with E-state index in [1.54, 1.807) is 12.1 Å². The molecule has 0 bridgehead atoms. The molecule has 10 nitrogen and oxygen atoms in total. The second-order valence-corrected chi connectivity index (χ2v) is 11.8. The number of thioether (sulfide) groups is 1. The van der Waals surface area contributed by atoms with Crippen molar-refractivity contribution in [3.05, 3.63) is 53.2 Å². The number of carbonyl (C=O) groups excluding carboxylic acids is 3. The van der Waals surface area contributed by atoms with Gasteiger partial charge in [-0.25, -0.2) is 9.78 Å². The summed E-state index contributed by atoms with van der Waals surface area (Å²) in [5.41, 5.74) is 4.92. The maximum atomic E-state index is 13.1. The summed E-state index contributed by atoms with van der Waals surface area (Å²) in [4.78, 5) is 39.7. The van der Waals surface area contributed by atoms with Crippen LogP contribution in [-0.2, 0) is 17.5 Å². The number of unbranched alkanes of at least 4 members (excludes halogenated alkanes) is 3. The monoisotopic (exact) mass is 658 g/mol. The minimum Gasteiger partial charge on any atom is -0.439 e. The largest absolute Gasteiger partial charge is 0.439 e. The molecule has 1 aromatic heterocycles. The maximum Gasteiger partial charge on any atom is 0.433 e. The van der Waals surface area contributed by atoms with Gasteiger partial charge in [0.25, 0.3) is 5.91 Å². The first-order chi connectivity index (χ1) is 20.6. The molecular weight excluding hydrogens is 621 g/mol. The van der Waals surface area contributed by atoms with Crippen LogP contribution in [0.4, 0.5) is 18.0 Å². The lowest BCUT2D eigenvalue weighted by Gasteiger charge is -2.16. The zero-order valence-corrected chi connectivity index (χ0v) is 25.7. The number of pyridine rings is 1. The number of rotatable bonds is 15. The Kier molecular flexibility index (Phi) is 13.4. The van der Waals surface area contributed by atoms with Gasteiger partial charge in [-0.05, 0) is 61.9 Å². The topological polar surface area (TPSA) is 147 Å². The van der Waals surface area contributed by atoms with Crippen molar-refractivity contribution in [1.29, 1.82) is 0 Å². The molecule has 6 N–H and O–H groups in total. The van der Waals surface area contributed by atoms with Gasteiger partial charge in [-0.1, -0.05) is 12.5 Å². The lowest BCUT2D eigenvalue weighted by Crippen LogP contribution is -2.36. The van der Waals surface area contributed by atoms with E-state index in [4.69, 9.17) is 10.5 Å². The van der Waals surface area contributed by atoms with E-state index in [9.17, 15) is 27.6 Å². The van der Waals surface area contributed by atoms with Gasteiger partial charge in [-0.3, -0.25) is 9.59 Å². The molecule has 2 aliphatic heterocycles. The minimum absolute atomic E-state index is 0. The number of hydrogen-bond donors (Lipinski definition) is 5. The van der Waals surface area contributed by atoms with Gasteiger partial charge in [0.15, 0.2) is 0 Å². The number of ether oxygens (including phenoxy) is 1. The first kappa shape index (κ1) is 35.3. The average Bonchev–Trinajstić information content (AvgIpc) is 3.53. The summed E-state index contributed by atoms with van der Waals surface area (Å²) >= 11 is 1.87. The molecular formula is C29H38ClF3N6O4S. The van der Waals surface area contributed by atoms with Gasteiger partial charge in [0.1, 0.15) is 11.4 Å². The molecule has 0 saturated carbocycles. The summed E-state index contributed by atoms with van der Waals surface area (Å²) in [7, 11) is 0. The summed E-state index contributed by atoms with van der Waals surface area (Å²) in [5.74, 6) is 0.531. The number of alkyl halides is 3. The molecule has 242 valence electrons. The van der Waals surface area contributed by atoms with Crippen LogP contribution in [-0.4, -0.2) is 59.0 Å². The van der Waals surface area contributed by atoms with Crippen molar-refractivity contribution in [3.63, 3.8) is 0 Å². The van der Waals surface area contributed by atoms with Crippen LogP contribution in [0, 0.1) is 0 Å². The Morgan fingerprint density at radius 3 is 2.57 bits per heavy atom. The summed E-state index contributed by atoms with van der Waals surface area (Å²) in [6.07, 6.45) is 0.886. The van der Waals surface area contributed by atoms with Gasteiger partial charge < -0.3 is 31.7 Å². The number of amides is 4. The van der Waals surface area contributed by atoms with E-state index in [-0.39, 0.29) is 66.1 Å². The number of benzene rings is 1. The molecule has 2 aliphatic rings. The zero-order chi connectivity index (χ0) is 30.8. The van der Waals surface area contributed by atoms with Gasteiger partial charge in [0, 0.05) is 48.7 Å². The minimum atomic E-state index is -4.65. The predicted octanol–water partition coefficient (Wildman–Crippen LogP) is 4.52. The third-order valence-corrected chi connectivity index (χ3v) is 8.76. The summed E-state index contributed by atoms with van der Waals surface area (Å²) in [6.45, 7) is 0.894. The number of nitrogens with one attached hydrogen (secondary N) is 4. The quantitative estimate of drug-likeness (QED) is 0.140. The molecule has 2 fully saturated rings. The molecule has 0 aliphatic carbocycles. The fourth-order valence-corrected chi connectivity index (χ4v) is 6.56. The van der Waals surface area contributed by atoms with Gasteiger partial charge in [0.2, 0.25) is 11.8 Å². The van der Waals surface area contributed by atoms with E-state index in [0.29, 0.717) is 30.3 Å². The van der Waals surface area contributed by atoms with Crippen LogP contribution in [0.25, 0.3) is 0 Å². The first-order valence-corrected chi connectivity index (χ1v) is 15.5. The highest BCUT2D eigenvalue weighted by molar-refractivity contribution is 8.00. The number of carbonyl (C=O) groups is 3. The predicted molar refractivity (Wildman–Crippen MR) is 164 cm³/mol. The van der Waals surface area contributed by atoms with Gasteiger partial charge in [0.05, 0.1) is 12.1 Å². The fourth-order valence-electron chi connectivity index (χ4n) is 5.02. The number of fused-ring (bicyclic) bond motifs is 1. The van der Waals surface area contributed by atoms with Crippen molar-refractivity contribution in [3.8, 4) is 11.6 Å². The highest BCUT2D eigenvalue weighted by Crippen LogP contribution is 2.33. The lowest BCUT2D eigenvalue weighted by molar-refractivity contribution is -0.141. The van der Waals surface area contributed by atoms with Crippen molar-refractivity contribution in [2.24, 2.45) is 5.73 Å². The Bertz CT molecular complexity index is 1290. The fraction of sp³-hybridized carbons (Fsp3) is 0.517. The smallest absolute Gasteiger partial charge is 0.433 e. The highest BCUT2D eigenvalue weighted by Gasteiger charge is 2.42. The standard InChI is InChI=1S/C29H37F3N6O4S.ClH/c30-29(31,32)23-13-18(16-33)14-25(37-23)42-20-8-6-7-19(15-20)27(40)35-12-5-1-4-11-34-24(39)10-3-2-9-22-26-21(17-43-22)36-28(41)38-26;/h6-8,13-15,21-22,26H,1-5,9-12,16-17,33H2,(H,34,39)(H,35,40)(H2,36,38,41);1H/t21-,22-,26-;/m0./s1. The number of halogens is 4. The molecule has 0 radical (unpaired) electrons. The Morgan fingerprint density at radius 2 is 1.82 bits per heavy atom. The van der Waals surface area contributed by atoms with Crippen LogP contribution >= 0.6 is 24.2 Å². The van der Waals surface area contributed by atoms with Crippen molar-refractivity contribution in [2.45, 2.75) is 75.0 Å². The van der Waals surface area contributed by atoms with Crippen LogP contribution in [0.15, 0.2) is 36.4 Å². The molecule has 1 aromatic carbocycles. The van der Waals surface area contributed by atoms with Crippen LogP contribution in [0.1, 0.15) is 66.6 Å². The Balaban J connectivity index is 0.00000529. The van der Waals surface area contributed by atoms with Gasteiger partial charge in [-0.2, -0.15) is 24.9 Å². The Labute approximate surface area is 264 Å². The van der Waals surface area contributed by atoms with Crippen LogP contribution in [0.2, 0.25) is 0 Å². The van der Waals surface area contributed by atoms with Gasteiger partial charge >= 0.3 is 12.2 Å². The highest BCUT2D eigenvalue weighted by atomic mass is 35.5. The second kappa shape index (κ2) is 16.7. The van der Waals surface area contributed by atoms with Crippen LogP contribution in [0.3, 0.4) is 0 Å². The van der Waals surface area contributed by atoms with Crippen molar-refractivity contribution >= 4 is 42.0 Å². The summed E-state index contributed by atoms with van der Waals surface area (Å²) < 4.78 is 44.9. The van der Waals surface area contributed by atoms with E-state index >= 15 is 0 Å². The maximum absolute atomic E-state index is 13.1. The first-order valence-electron chi connectivity index (χ1n) is 14.4. The second-order valence-electron chi connectivity index (χ2n) is 10.6. The van der Waals surface area contributed by atoms with Crippen molar-refractivity contribution < 1.29 is 32.3 Å². The number of urea groups is 1. The lowest BCUT2D eigenvalue weighted by atomic mass is 10.0. The Morgan fingerprint density at radius 1 is 1.05 bits per heavy atom. The molecule has 4 rings (SSSR count). The SMILES string of the molecule is Cl.NCc1cc(Oc2cccc(C(=O)NCCCCCNC(=O)CCCC[C@@H]3SC[C@@H]4NC(=O)N[C@@H]43)c2)nc(C(F)(F)F)c1. The molecule has 0 spiro atoms. The van der Waals surface area contributed by atoms with Crippen molar-refractivity contribution in [1.82, 2.24) is 26.3 Å². The molecule has 3 heterocycles. The third kappa shape index (κ3) is 10.4. The van der Waals surface area contributed by atoms with E-state index < -0.39 is 11.9 Å². The normalized spacial score (nSPS) is 18.9. The summed E-state index contributed by atoms with van der Waals surface area (Å²) in [6, 6.07) is 8.62. The molecule has 2 aromatic rings. The van der Waals surface area contributed by atoms with E-state index in [2.05, 4.69) is 26.3 Å². The molecule has 2 saturated heterocycles. The Hall–Kier alpha value is -3.23. The molecule has 4 amide bonds. The van der Waals surface area contributed by atoms with E-state index in [0.717, 1.165) is 50.3 Å².